The lowest BCUT2D eigenvalue weighted by Gasteiger charge is -2.23. The summed E-state index contributed by atoms with van der Waals surface area (Å²) < 4.78 is 1.16. The molecule has 2 aromatic carbocycles. The molecule has 0 unspecified atom stereocenters. The van der Waals surface area contributed by atoms with Crippen molar-refractivity contribution < 1.29 is 4.79 Å². The molecule has 1 saturated carbocycles. The van der Waals surface area contributed by atoms with Crippen LogP contribution in [0, 0.1) is 0 Å². The third-order valence-corrected chi connectivity index (χ3v) is 5.85. The van der Waals surface area contributed by atoms with Crippen molar-refractivity contribution in [2.75, 3.05) is 7.05 Å². The van der Waals surface area contributed by atoms with Gasteiger partial charge in [-0.25, -0.2) is 4.98 Å². The smallest absolute Gasteiger partial charge is 0.233 e. The monoisotopic (exact) mass is 356 g/mol. The van der Waals surface area contributed by atoms with E-state index in [4.69, 9.17) is 11.6 Å². The summed E-state index contributed by atoms with van der Waals surface area (Å²) in [5.74, 6) is 0.157. The molecular weight excluding hydrogens is 340 g/mol. The zero-order chi connectivity index (χ0) is 16.7. The molecule has 24 heavy (non-hydrogen) atoms. The zero-order valence-corrected chi connectivity index (χ0v) is 14.9. The Bertz CT molecular complexity index is 883. The van der Waals surface area contributed by atoms with Gasteiger partial charge in [-0.3, -0.25) is 4.79 Å². The first-order valence-electron chi connectivity index (χ1n) is 7.94. The number of likely N-dealkylation sites (N-methyl/N-ethyl adjacent to an activating group) is 1. The summed E-state index contributed by atoms with van der Waals surface area (Å²) in [6, 6.07) is 15.7. The van der Waals surface area contributed by atoms with E-state index in [0.717, 1.165) is 33.6 Å². The molecule has 0 aliphatic heterocycles. The van der Waals surface area contributed by atoms with Crippen molar-refractivity contribution in [3.8, 4) is 0 Å². The van der Waals surface area contributed by atoms with Crippen LogP contribution in [0.4, 0.5) is 0 Å². The molecule has 1 aliphatic rings. The summed E-state index contributed by atoms with van der Waals surface area (Å²) in [6.07, 6.45) is 1.77. The number of fused-ring (bicyclic) bond motifs is 1. The van der Waals surface area contributed by atoms with Crippen molar-refractivity contribution in [3.05, 3.63) is 64.1 Å². The maximum Gasteiger partial charge on any atom is 0.233 e. The Kier molecular flexibility index (Phi) is 3.82. The predicted molar refractivity (Wildman–Crippen MR) is 98.5 cm³/mol. The van der Waals surface area contributed by atoms with Crippen LogP contribution in [0.3, 0.4) is 0 Å². The molecule has 0 radical (unpaired) electrons. The SMILES string of the molecule is CN(Cc1nc2ccccc2s1)C(=O)C1(c2cccc(Cl)c2)CC1. The van der Waals surface area contributed by atoms with Crippen LogP contribution in [0.25, 0.3) is 10.2 Å². The first-order chi connectivity index (χ1) is 11.6. The largest absolute Gasteiger partial charge is 0.338 e. The van der Waals surface area contributed by atoms with E-state index in [1.807, 2.05) is 49.5 Å². The van der Waals surface area contributed by atoms with E-state index in [1.165, 1.54) is 0 Å². The maximum absolute atomic E-state index is 13.0. The van der Waals surface area contributed by atoms with Crippen molar-refractivity contribution in [1.82, 2.24) is 9.88 Å². The average Bonchev–Trinajstić information content (AvgIpc) is 3.28. The number of benzene rings is 2. The molecule has 3 aromatic rings. The van der Waals surface area contributed by atoms with E-state index in [0.29, 0.717) is 11.6 Å². The van der Waals surface area contributed by atoms with Gasteiger partial charge in [0.25, 0.3) is 0 Å². The van der Waals surface area contributed by atoms with Gasteiger partial charge >= 0.3 is 0 Å². The Hall–Kier alpha value is -1.91. The summed E-state index contributed by atoms with van der Waals surface area (Å²) in [5, 5.41) is 1.65. The van der Waals surface area contributed by atoms with Crippen molar-refractivity contribution in [2.45, 2.75) is 24.8 Å². The van der Waals surface area contributed by atoms with Gasteiger partial charge in [-0.15, -0.1) is 11.3 Å². The molecule has 1 amide bonds. The van der Waals surface area contributed by atoms with Crippen molar-refractivity contribution in [2.24, 2.45) is 0 Å². The first-order valence-corrected chi connectivity index (χ1v) is 9.14. The van der Waals surface area contributed by atoms with Gasteiger partial charge in [-0.05, 0) is 42.7 Å². The van der Waals surface area contributed by atoms with E-state index in [-0.39, 0.29) is 5.91 Å². The van der Waals surface area contributed by atoms with Gasteiger partial charge in [0, 0.05) is 12.1 Å². The lowest BCUT2D eigenvalue weighted by atomic mass is 9.94. The minimum Gasteiger partial charge on any atom is -0.338 e. The Morgan fingerprint density at radius 2 is 2.04 bits per heavy atom. The number of rotatable bonds is 4. The van der Waals surface area contributed by atoms with Crippen LogP contribution >= 0.6 is 22.9 Å². The zero-order valence-electron chi connectivity index (χ0n) is 13.3. The number of nitrogens with zero attached hydrogens (tertiary/aromatic N) is 2. The molecule has 122 valence electrons. The predicted octanol–water partition coefficient (Wildman–Crippen LogP) is 4.64. The summed E-state index contributed by atoms with van der Waals surface area (Å²) in [6.45, 7) is 0.542. The van der Waals surface area contributed by atoms with E-state index in [9.17, 15) is 4.79 Å². The second-order valence-corrected chi connectivity index (χ2v) is 7.88. The number of para-hydroxylation sites is 1. The molecule has 1 heterocycles. The van der Waals surface area contributed by atoms with Crippen LogP contribution in [-0.4, -0.2) is 22.8 Å². The summed E-state index contributed by atoms with van der Waals surface area (Å²) in [5.41, 5.74) is 1.63. The van der Waals surface area contributed by atoms with Crippen LogP contribution < -0.4 is 0 Å². The highest BCUT2D eigenvalue weighted by Gasteiger charge is 2.52. The number of hydrogen-bond acceptors (Lipinski definition) is 3. The van der Waals surface area contributed by atoms with Gasteiger partial charge < -0.3 is 4.90 Å². The minimum absolute atomic E-state index is 0.157. The Morgan fingerprint density at radius 3 is 2.75 bits per heavy atom. The molecule has 0 atom stereocenters. The molecule has 5 heteroatoms. The van der Waals surface area contributed by atoms with Crippen LogP contribution in [0.15, 0.2) is 48.5 Å². The molecule has 0 bridgehead atoms. The summed E-state index contributed by atoms with van der Waals surface area (Å²) >= 11 is 7.75. The standard InChI is InChI=1S/C19H17ClN2OS/c1-22(12-17-21-15-7-2-3-8-16(15)24-17)18(23)19(9-10-19)13-5-4-6-14(20)11-13/h2-8,11H,9-10,12H2,1H3. The molecule has 1 aliphatic carbocycles. The number of halogens is 1. The maximum atomic E-state index is 13.0. The second-order valence-electron chi connectivity index (χ2n) is 6.33. The van der Waals surface area contributed by atoms with E-state index in [2.05, 4.69) is 11.1 Å². The number of amides is 1. The fourth-order valence-electron chi connectivity index (χ4n) is 3.16. The van der Waals surface area contributed by atoms with E-state index >= 15 is 0 Å². The quantitative estimate of drug-likeness (QED) is 0.682. The third-order valence-electron chi connectivity index (χ3n) is 4.59. The van der Waals surface area contributed by atoms with Gasteiger partial charge in [0.1, 0.15) is 5.01 Å². The number of carbonyl (C=O) groups excluding carboxylic acids is 1. The van der Waals surface area contributed by atoms with Gasteiger partial charge in [-0.2, -0.15) is 0 Å². The molecule has 1 fully saturated rings. The summed E-state index contributed by atoms with van der Waals surface area (Å²) in [7, 11) is 1.86. The van der Waals surface area contributed by atoms with Crippen molar-refractivity contribution >= 4 is 39.1 Å². The Balaban J connectivity index is 1.55. The van der Waals surface area contributed by atoms with Gasteiger partial charge in [0.2, 0.25) is 5.91 Å². The van der Waals surface area contributed by atoms with E-state index < -0.39 is 5.41 Å². The fourth-order valence-corrected chi connectivity index (χ4v) is 4.38. The van der Waals surface area contributed by atoms with Crippen LogP contribution in [-0.2, 0) is 16.8 Å². The lowest BCUT2D eigenvalue weighted by molar-refractivity contribution is -0.133. The molecule has 0 N–H and O–H groups in total. The normalized spacial score (nSPS) is 15.4. The second kappa shape index (κ2) is 5.87. The lowest BCUT2D eigenvalue weighted by Crippen LogP contribution is -2.36. The van der Waals surface area contributed by atoms with Crippen LogP contribution in [0.5, 0.6) is 0 Å². The van der Waals surface area contributed by atoms with Gasteiger partial charge in [0.15, 0.2) is 0 Å². The van der Waals surface area contributed by atoms with Crippen LogP contribution in [0.1, 0.15) is 23.4 Å². The van der Waals surface area contributed by atoms with Crippen molar-refractivity contribution in [1.29, 1.82) is 0 Å². The number of thiazole rings is 1. The third kappa shape index (κ3) is 2.70. The highest BCUT2D eigenvalue weighted by Crippen LogP contribution is 2.50. The van der Waals surface area contributed by atoms with Crippen LogP contribution in [0.2, 0.25) is 5.02 Å². The summed E-state index contributed by atoms with van der Waals surface area (Å²) in [4.78, 5) is 19.4. The number of aromatic nitrogens is 1. The number of carbonyl (C=O) groups is 1. The van der Waals surface area contributed by atoms with Gasteiger partial charge in [-0.1, -0.05) is 35.9 Å². The Morgan fingerprint density at radius 1 is 1.25 bits per heavy atom. The Labute approximate surface area is 149 Å². The fraction of sp³-hybridized carbons (Fsp3) is 0.263. The topological polar surface area (TPSA) is 33.2 Å². The van der Waals surface area contributed by atoms with Crippen molar-refractivity contribution in [3.63, 3.8) is 0 Å². The first kappa shape index (κ1) is 15.6. The molecule has 0 spiro atoms. The number of hydrogen-bond donors (Lipinski definition) is 0. The molecule has 0 saturated heterocycles. The molecule has 1 aromatic heterocycles. The molecular formula is C19H17ClN2OS. The van der Waals surface area contributed by atoms with E-state index in [1.54, 1.807) is 16.2 Å². The van der Waals surface area contributed by atoms with Gasteiger partial charge in [0.05, 0.1) is 22.2 Å². The molecule has 3 nitrogen and oxygen atoms in total. The highest BCUT2D eigenvalue weighted by molar-refractivity contribution is 7.18. The molecule has 4 rings (SSSR count). The minimum atomic E-state index is -0.393. The highest BCUT2D eigenvalue weighted by atomic mass is 35.5. The average molecular weight is 357 g/mol.